The minimum absolute atomic E-state index is 0.706. The lowest BCUT2D eigenvalue weighted by molar-refractivity contribution is 0.407. The van der Waals surface area contributed by atoms with Crippen molar-refractivity contribution in [2.75, 3.05) is 7.11 Å². The van der Waals surface area contributed by atoms with Crippen LogP contribution in [0.3, 0.4) is 0 Å². The van der Waals surface area contributed by atoms with E-state index in [0.717, 1.165) is 22.9 Å². The van der Waals surface area contributed by atoms with E-state index in [9.17, 15) is 0 Å². The van der Waals surface area contributed by atoms with E-state index >= 15 is 0 Å². The Kier molecular flexibility index (Phi) is 4.77. The molecule has 1 aromatic carbocycles. The minimum atomic E-state index is 0.706. The molecular weight excluding hydrogens is 260 g/mol. The van der Waals surface area contributed by atoms with Gasteiger partial charge in [0.15, 0.2) is 0 Å². The number of aryl methyl sites for hydroxylation is 1. The summed E-state index contributed by atoms with van der Waals surface area (Å²) in [6.07, 6.45) is 3.69. The third-order valence-electron chi connectivity index (χ3n) is 3.02. The number of nitrogens with zero attached hydrogens (tertiary/aromatic N) is 1. The molecule has 2 aromatic rings. The van der Waals surface area contributed by atoms with Crippen LogP contribution in [0.2, 0.25) is 5.02 Å². The summed E-state index contributed by atoms with van der Waals surface area (Å²) in [4.78, 5) is 4.13. The van der Waals surface area contributed by atoms with Crippen LogP contribution in [0.4, 0.5) is 0 Å². The number of pyridine rings is 1. The Hall–Kier alpha value is -1.58. The molecule has 4 heteroatoms. The Morgan fingerprint density at radius 3 is 2.74 bits per heavy atom. The second-order valence-corrected chi connectivity index (χ2v) is 4.80. The zero-order chi connectivity index (χ0) is 13.7. The number of halogens is 1. The summed E-state index contributed by atoms with van der Waals surface area (Å²) in [5, 5.41) is 4.10. The Labute approximate surface area is 118 Å². The molecule has 0 fully saturated rings. The summed E-state index contributed by atoms with van der Waals surface area (Å²) in [5.74, 6) is 0.847. The average Bonchev–Trinajstić information content (AvgIpc) is 2.41. The van der Waals surface area contributed by atoms with Crippen molar-refractivity contribution in [3.05, 3.63) is 58.4 Å². The van der Waals surface area contributed by atoms with Crippen molar-refractivity contribution in [2.24, 2.45) is 0 Å². The maximum Gasteiger partial charge on any atom is 0.123 e. The molecule has 1 aromatic heterocycles. The van der Waals surface area contributed by atoms with Crippen molar-refractivity contribution >= 4 is 11.6 Å². The summed E-state index contributed by atoms with van der Waals surface area (Å²) in [6, 6.07) is 7.64. The van der Waals surface area contributed by atoms with Gasteiger partial charge in [-0.25, -0.2) is 0 Å². The van der Waals surface area contributed by atoms with Gasteiger partial charge in [-0.05, 0) is 42.3 Å². The molecular formula is C15H17ClN2O. The number of hydrogen-bond acceptors (Lipinski definition) is 3. The third-order valence-corrected chi connectivity index (χ3v) is 3.26. The molecule has 0 saturated heterocycles. The van der Waals surface area contributed by atoms with Gasteiger partial charge in [-0.1, -0.05) is 11.6 Å². The highest BCUT2D eigenvalue weighted by Crippen LogP contribution is 2.22. The topological polar surface area (TPSA) is 34.1 Å². The standard InChI is InChI=1S/C15H17ClN2O/c1-11-5-6-17-9-13(11)10-18-8-12-7-14(16)3-4-15(12)19-2/h3-7,9,18H,8,10H2,1-2H3. The van der Waals surface area contributed by atoms with Gasteiger partial charge in [0, 0.05) is 36.1 Å². The fraction of sp³-hybridized carbons (Fsp3) is 0.267. The van der Waals surface area contributed by atoms with E-state index in [4.69, 9.17) is 16.3 Å². The van der Waals surface area contributed by atoms with Crippen molar-refractivity contribution < 1.29 is 4.74 Å². The van der Waals surface area contributed by atoms with Crippen LogP contribution in [0.15, 0.2) is 36.7 Å². The molecule has 0 atom stereocenters. The Balaban J connectivity index is 2.00. The molecule has 3 nitrogen and oxygen atoms in total. The molecule has 0 aliphatic heterocycles. The molecule has 0 unspecified atom stereocenters. The molecule has 0 spiro atoms. The predicted molar refractivity (Wildman–Crippen MR) is 77.5 cm³/mol. The maximum absolute atomic E-state index is 6.00. The second-order valence-electron chi connectivity index (χ2n) is 4.36. The van der Waals surface area contributed by atoms with Crippen molar-refractivity contribution in [3.8, 4) is 5.75 Å². The fourth-order valence-electron chi connectivity index (χ4n) is 1.90. The van der Waals surface area contributed by atoms with Crippen molar-refractivity contribution in [1.29, 1.82) is 0 Å². The average molecular weight is 277 g/mol. The molecule has 100 valence electrons. The highest BCUT2D eigenvalue weighted by Gasteiger charge is 2.04. The van der Waals surface area contributed by atoms with Gasteiger partial charge in [0.25, 0.3) is 0 Å². The van der Waals surface area contributed by atoms with Gasteiger partial charge >= 0.3 is 0 Å². The number of benzene rings is 1. The van der Waals surface area contributed by atoms with E-state index < -0.39 is 0 Å². The lowest BCUT2D eigenvalue weighted by atomic mass is 10.1. The van der Waals surface area contributed by atoms with E-state index in [2.05, 4.69) is 17.2 Å². The SMILES string of the molecule is COc1ccc(Cl)cc1CNCc1cnccc1C. The predicted octanol–water partition coefficient (Wildman–Crippen LogP) is 3.34. The summed E-state index contributed by atoms with van der Waals surface area (Å²) in [5.41, 5.74) is 3.49. The monoisotopic (exact) mass is 276 g/mol. The maximum atomic E-state index is 6.00. The molecule has 0 radical (unpaired) electrons. The summed E-state index contributed by atoms with van der Waals surface area (Å²) in [6.45, 7) is 3.56. The van der Waals surface area contributed by atoms with Crippen molar-refractivity contribution in [3.63, 3.8) is 0 Å². The van der Waals surface area contributed by atoms with Crippen molar-refractivity contribution in [2.45, 2.75) is 20.0 Å². The van der Waals surface area contributed by atoms with Gasteiger partial charge < -0.3 is 10.1 Å². The van der Waals surface area contributed by atoms with E-state index in [1.807, 2.05) is 30.5 Å². The highest BCUT2D eigenvalue weighted by molar-refractivity contribution is 6.30. The number of hydrogen-bond donors (Lipinski definition) is 1. The molecule has 19 heavy (non-hydrogen) atoms. The van der Waals surface area contributed by atoms with Crippen LogP contribution in [-0.2, 0) is 13.1 Å². The van der Waals surface area contributed by atoms with Crippen LogP contribution >= 0.6 is 11.6 Å². The minimum Gasteiger partial charge on any atom is -0.496 e. The first-order valence-electron chi connectivity index (χ1n) is 6.13. The molecule has 2 rings (SSSR count). The molecule has 1 N–H and O–H groups in total. The van der Waals surface area contributed by atoms with E-state index in [-0.39, 0.29) is 0 Å². The number of ether oxygens (including phenoxy) is 1. The summed E-state index contributed by atoms with van der Waals surface area (Å²) in [7, 11) is 1.66. The van der Waals surface area contributed by atoms with Crippen LogP contribution in [0.5, 0.6) is 5.75 Å². The number of rotatable bonds is 5. The van der Waals surface area contributed by atoms with E-state index in [1.54, 1.807) is 13.3 Å². The summed E-state index contributed by atoms with van der Waals surface area (Å²) >= 11 is 6.00. The normalized spacial score (nSPS) is 10.5. The first-order valence-corrected chi connectivity index (χ1v) is 6.51. The van der Waals surface area contributed by atoms with Crippen LogP contribution in [-0.4, -0.2) is 12.1 Å². The quantitative estimate of drug-likeness (QED) is 0.909. The van der Waals surface area contributed by atoms with Crippen LogP contribution in [0.1, 0.15) is 16.7 Å². The first-order chi connectivity index (χ1) is 9.20. The Bertz CT molecular complexity index is 558. The van der Waals surface area contributed by atoms with Crippen molar-refractivity contribution in [1.82, 2.24) is 10.3 Å². The zero-order valence-electron chi connectivity index (χ0n) is 11.1. The molecule has 0 amide bonds. The van der Waals surface area contributed by atoms with E-state index in [0.29, 0.717) is 6.54 Å². The van der Waals surface area contributed by atoms with Gasteiger partial charge in [0.05, 0.1) is 7.11 Å². The fourth-order valence-corrected chi connectivity index (χ4v) is 2.09. The van der Waals surface area contributed by atoms with Crippen LogP contribution in [0.25, 0.3) is 0 Å². The smallest absolute Gasteiger partial charge is 0.123 e. The highest BCUT2D eigenvalue weighted by atomic mass is 35.5. The Morgan fingerprint density at radius 1 is 1.21 bits per heavy atom. The molecule has 0 aliphatic carbocycles. The van der Waals surface area contributed by atoms with Crippen LogP contribution in [0, 0.1) is 6.92 Å². The summed E-state index contributed by atoms with van der Waals surface area (Å²) < 4.78 is 5.32. The zero-order valence-corrected chi connectivity index (χ0v) is 11.9. The number of methoxy groups -OCH3 is 1. The molecule has 0 bridgehead atoms. The van der Waals surface area contributed by atoms with Gasteiger partial charge in [0.2, 0.25) is 0 Å². The lowest BCUT2D eigenvalue weighted by Gasteiger charge is -2.11. The van der Waals surface area contributed by atoms with Crippen LogP contribution < -0.4 is 10.1 Å². The van der Waals surface area contributed by atoms with Gasteiger partial charge in [0.1, 0.15) is 5.75 Å². The largest absolute Gasteiger partial charge is 0.496 e. The van der Waals surface area contributed by atoms with Gasteiger partial charge in [-0.15, -0.1) is 0 Å². The molecule has 0 saturated carbocycles. The van der Waals surface area contributed by atoms with Gasteiger partial charge in [-0.3, -0.25) is 4.98 Å². The third kappa shape index (κ3) is 3.69. The second kappa shape index (κ2) is 6.55. The van der Waals surface area contributed by atoms with Gasteiger partial charge in [-0.2, -0.15) is 0 Å². The number of nitrogens with one attached hydrogen (secondary N) is 1. The van der Waals surface area contributed by atoms with E-state index in [1.165, 1.54) is 11.1 Å². The first kappa shape index (κ1) is 13.8. The molecule has 0 aliphatic rings. The number of aromatic nitrogens is 1. The lowest BCUT2D eigenvalue weighted by Crippen LogP contribution is -2.14. The molecule has 1 heterocycles. The Morgan fingerprint density at radius 2 is 2.00 bits per heavy atom.